The number of nitrogens with one attached hydrogen (secondary N) is 1. The molecule has 0 aliphatic heterocycles. The summed E-state index contributed by atoms with van der Waals surface area (Å²) in [5.74, 6) is -1.01. The van der Waals surface area contributed by atoms with E-state index < -0.39 is 34.3 Å². The zero-order valence-corrected chi connectivity index (χ0v) is 27.2. The SMILES string of the molecule is CC[C@@H](C(=O)NC1CCCCC1)N(Cc1ccccc1Cl)C(=O)CN(c1ccc(F)cc1)S(=O)(=O)c1ccc(OC)c(OC)c1. The lowest BCUT2D eigenvalue weighted by Crippen LogP contribution is -2.54. The first kappa shape index (κ1) is 34.1. The lowest BCUT2D eigenvalue weighted by molar-refractivity contribution is -0.140. The summed E-state index contributed by atoms with van der Waals surface area (Å²) in [5, 5.41) is 3.52. The molecule has 1 saturated carbocycles. The zero-order valence-electron chi connectivity index (χ0n) is 25.7. The van der Waals surface area contributed by atoms with Crippen LogP contribution in [-0.4, -0.2) is 58.0 Å². The van der Waals surface area contributed by atoms with E-state index in [1.807, 2.05) is 0 Å². The molecule has 3 aromatic rings. The second-order valence-electron chi connectivity index (χ2n) is 10.9. The molecule has 1 aliphatic carbocycles. The summed E-state index contributed by atoms with van der Waals surface area (Å²) < 4.78 is 53.7. The Morgan fingerprint density at radius 1 is 0.978 bits per heavy atom. The van der Waals surface area contributed by atoms with Crippen molar-refractivity contribution in [2.24, 2.45) is 0 Å². The van der Waals surface area contributed by atoms with Gasteiger partial charge in [-0.05, 0) is 67.3 Å². The van der Waals surface area contributed by atoms with Gasteiger partial charge in [0.05, 0.1) is 24.8 Å². The van der Waals surface area contributed by atoms with Crippen molar-refractivity contribution >= 4 is 39.1 Å². The van der Waals surface area contributed by atoms with Crippen LogP contribution >= 0.6 is 11.6 Å². The summed E-state index contributed by atoms with van der Waals surface area (Å²) in [6.07, 6.45) is 5.17. The van der Waals surface area contributed by atoms with Gasteiger partial charge in [0.15, 0.2) is 11.5 Å². The number of nitrogens with zero attached hydrogens (tertiary/aromatic N) is 2. The van der Waals surface area contributed by atoms with Crippen molar-refractivity contribution in [3.63, 3.8) is 0 Å². The van der Waals surface area contributed by atoms with E-state index in [1.54, 1.807) is 31.2 Å². The number of benzene rings is 3. The van der Waals surface area contributed by atoms with Gasteiger partial charge in [-0.25, -0.2) is 12.8 Å². The van der Waals surface area contributed by atoms with Crippen molar-refractivity contribution in [3.05, 3.63) is 83.1 Å². The van der Waals surface area contributed by atoms with Gasteiger partial charge in [-0.1, -0.05) is 56.0 Å². The van der Waals surface area contributed by atoms with Crippen molar-refractivity contribution in [3.8, 4) is 11.5 Å². The number of amides is 2. The molecule has 0 heterocycles. The van der Waals surface area contributed by atoms with Gasteiger partial charge in [-0.2, -0.15) is 0 Å². The van der Waals surface area contributed by atoms with E-state index >= 15 is 0 Å². The monoisotopic (exact) mass is 659 g/mol. The van der Waals surface area contributed by atoms with Crippen LogP contribution in [0.25, 0.3) is 0 Å². The third-order valence-electron chi connectivity index (χ3n) is 7.97. The molecule has 1 atom stereocenters. The third-order valence-corrected chi connectivity index (χ3v) is 10.1. The van der Waals surface area contributed by atoms with Gasteiger partial charge in [0.25, 0.3) is 10.0 Å². The fraction of sp³-hybridized carbons (Fsp3) is 0.394. The molecule has 0 saturated heterocycles. The molecule has 12 heteroatoms. The fourth-order valence-corrected chi connectivity index (χ4v) is 7.14. The molecule has 1 aliphatic rings. The molecule has 0 radical (unpaired) electrons. The first-order chi connectivity index (χ1) is 21.6. The Hall–Kier alpha value is -3.83. The van der Waals surface area contributed by atoms with E-state index in [9.17, 15) is 22.4 Å². The lowest BCUT2D eigenvalue weighted by Gasteiger charge is -2.34. The second kappa shape index (κ2) is 15.4. The maximum atomic E-state index is 14.3. The van der Waals surface area contributed by atoms with E-state index in [2.05, 4.69) is 5.32 Å². The molecule has 9 nitrogen and oxygen atoms in total. The van der Waals surface area contributed by atoms with Gasteiger partial charge in [0, 0.05) is 23.7 Å². The average molecular weight is 660 g/mol. The van der Waals surface area contributed by atoms with Gasteiger partial charge in [-0.15, -0.1) is 0 Å². The highest BCUT2D eigenvalue weighted by Crippen LogP contribution is 2.33. The smallest absolute Gasteiger partial charge is 0.264 e. The van der Waals surface area contributed by atoms with E-state index in [0.717, 1.165) is 48.5 Å². The minimum absolute atomic E-state index is 0.0127. The maximum Gasteiger partial charge on any atom is 0.264 e. The van der Waals surface area contributed by atoms with Crippen LogP contribution in [0.2, 0.25) is 5.02 Å². The van der Waals surface area contributed by atoms with E-state index in [1.165, 1.54) is 49.5 Å². The molecule has 0 bridgehead atoms. The van der Waals surface area contributed by atoms with Crippen molar-refractivity contribution in [1.82, 2.24) is 10.2 Å². The largest absolute Gasteiger partial charge is 0.493 e. The van der Waals surface area contributed by atoms with Crippen molar-refractivity contribution < 1.29 is 31.9 Å². The molecule has 242 valence electrons. The number of hydrogen-bond donors (Lipinski definition) is 1. The quantitative estimate of drug-likeness (QED) is 0.243. The van der Waals surface area contributed by atoms with Gasteiger partial charge >= 0.3 is 0 Å². The minimum atomic E-state index is -4.41. The standard InChI is InChI=1S/C33H39ClFN3O6S/c1-4-29(33(40)36-25-11-6-5-7-12-25)37(21-23-10-8-9-13-28(23)34)32(39)22-38(26-16-14-24(35)15-17-26)45(41,42)27-18-19-30(43-2)31(20-27)44-3/h8-10,13-20,25,29H,4-7,11-12,21-22H2,1-3H3,(H,36,40)/t29-/m0/s1. The molecule has 0 unspecified atom stereocenters. The molecule has 1 fully saturated rings. The summed E-state index contributed by atoms with van der Waals surface area (Å²) in [4.78, 5) is 29.2. The van der Waals surface area contributed by atoms with Gasteiger partial charge in [-0.3, -0.25) is 13.9 Å². The fourth-order valence-electron chi connectivity index (χ4n) is 5.51. The van der Waals surface area contributed by atoms with Crippen LogP contribution in [0.5, 0.6) is 11.5 Å². The van der Waals surface area contributed by atoms with E-state index in [-0.39, 0.29) is 41.2 Å². The Morgan fingerprint density at radius 2 is 1.64 bits per heavy atom. The van der Waals surface area contributed by atoms with Gasteiger partial charge < -0.3 is 19.7 Å². The highest BCUT2D eigenvalue weighted by molar-refractivity contribution is 7.92. The Morgan fingerprint density at radius 3 is 2.27 bits per heavy atom. The Bertz CT molecular complexity index is 1580. The minimum Gasteiger partial charge on any atom is -0.493 e. The normalized spacial score (nSPS) is 14.3. The predicted molar refractivity (Wildman–Crippen MR) is 172 cm³/mol. The molecule has 2 amide bonds. The molecule has 0 aromatic heterocycles. The van der Waals surface area contributed by atoms with Crippen molar-refractivity contribution in [1.29, 1.82) is 0 Å². The molecule has 0 spiro atoms. The second-order valence-corrected chi connectivity index (χ2v) is 13.2. The van der Waals surface area contributed by atoms with Crippen LogP contribution in [-0.2, 0) is 26.2 Å². The number of sulfonamides is 1. The molecular weight excluding hydrogens is 621 g/mol. The zero-order chi connectivity index (χ0) is 32.6. The number of carbonyl (C=O) groups excluding carboxylic acids is 2. The Labute approximate surface area is 269 Å². The first-order valence-electron chi connectivity index (χ1n) is 14.9. The van der Waals surface area contributed by atoms with Crippen LogP contribution in [0.15, 0.2) is 71.6 Å². The molecular formula is C33H39ClFN3O6S. The number of hydrogen-bond acceptors (Lipinski definition) is 6. The summed E-state index contributed by atoms with van der Waals surface area (Å²) >= 11 is 6.48. The summed E-state index contributed by atoms with van der Waals surface area (Å²) in [5.41, 5.74) is 0.671. The summed E-state index contributed by atoms with van der Waals surface area (Å²) in [6.45, 7) is 1.11. The van der Waals surface area contributed by atoms with Crippen LogP contribution in [0.1, 0.15) is 51.0 Å². The first-order valence-corrected chi connectivity index (χ1v) is 16.7. The molecule has 3 aromatic carbocycles. The lowest BCUT2D eigenvalue weighted by atomic mass is 9.95. The number of carbonyl (C=O) groups is 2. The number of anilines is 1. The van der Waals surface area contributed by atoms with E-state index in [4.69, 9.17) is 21.1 Å². The topological polar surface area (TPSA) is 105 Å². The predicted octanol–water partition coefficient (Wildman–Crippen LogP) is 5.95. The molecule has 1 N–H and O–H groups in total. The number of ether oxygens (including phenoxy) is 2. The van der Waals surface area contributed by atoms with Crippen LogP contribution in [0.4, 0.5) is 10.1 Å². The highest BCUT2D eigenvalue weighted by atomic mass is 35.5. The van der Waals surface area contributed by atoms with Crippen molar-refractivity contribution in [2.45, 2.75) is 69.0 Å². The van der Waals surface area contributed by atoms with Crippen molar-refractivity contribution in [2.75, 3.05) is 25.1 Å². The summed E-state index contributed by atoms with van der Waals surface area (Å²) in [6, 6.07) is 15.0. The van der Waals surface area contributed by atoms with E-state index in [0.29, 0.717) is 16.3 Å². The number of methoxy groups -OCH3 is 2. The summed E-state index contributed by atoms with van der Waals surface area (Å²) in [7, 11) is -1.60. The Balaban J connectivity index is 1.74. The highest BCUT2D eigenvalue weighted by Gasteiger charge is 2.35. The van der Waals surface area contributed by atoms with Crippen LogP contribution in [0.3, 0.4) is 0 Å². The van der Waals surface area contributed by atoms with Gasteiger partial charge in [0.1, 0.15) is 18.4 Å². The maximum absolute atomic E-state index is 14.3. The van der Waals surface area contributed by atoms with Crippen LogP contribution < -0.4 is 19.1 Å². The number of halogens is 2. The molecule has 4 rings (SSSR count). The Kier molecular flexibility index (Phi) is 11.7. The van der Waals surface area contributed by atoms with Gasteiger partial charge in [0.2, 0.25) is 11.8 Å². The van der Waals surface area contributed by atoms with Crippen LogP contribution in [0, 0.1) is 5.82 Å². The number of rotatable bonds is 13. The third kappa shape index (κ3) is 8.26. The average Bonchev–Trinajstić information content (AvgIpc) is 3.04. The molecule has 45 heavy (non-hydrogen) atoms.